The molecular formula is C21H30IN3O2. The number of guanidine groups is 1. The smallest absolute Gasteiger partial charge is 0.191 e. The average Bonchev–Trinajstić information content (AvgIpc) is 2.66. The van der Waals surface area contributed by atoms with Crippen LogP contribution >= 0.6 is 24.0 Å². The zero-order valence-corrected chi connectivity index (χ0v) is 18.6. The van der Waals surface area contributed by atoms with E-state index in [1.165, 1.54) is 0 Å². The van der Waals surface area contributed by atoms with Gasteiger partial charge in [0.25, 0.3) is 0 Å². The molecule has 3 N–H and O–H groups in total. The standard InChI is InChI=1S/C21H29N3O2.HI/c1-4-22-21(23-13-17-10-16(2)11-20(12-17)26-3)24-14-19(15-25)18-8-6-5-7-9-18;/h5-12,19,25H,4,13-15H2,1-3H3,(H2,22,23,24);1H. The second kappa shape index (κ2) is 12.6. The molecule has 0 bridgehead atoms. The first-order valence-electron chi connectivity index (χ1n) is 8.98. The lowest BCUT2D eigenvalue weighted by Crippen LogP contribution is -2.39. The van der Waals surface area contributed by atoms with Crippen LogP contribution in [-0.4, -0.2) is 37.9 Å². The molecule has 0 spiro atoms. The Morgan fingerprint density at radius 3 is 2.52 bits per heavy atom. The van der Waals surface area contributed by atoms with Crippen molar-refractivity contribution in [2.24, 2.45) is 4.99 Å². The molecule has 0 aliphatic heterocycles. The van der Waals surface area contributed by atoms with Gasteiger partial charge >= 0.3 is 0 Å². The molecule has 1 unspecified atom stereocenters. The number of aliphatic hydroxyl groups is 1. The number of rotatable bonds is 8. The Hall–Kier alpha value is -1.80. The van der Waals surface area contributed by atoms with Crippen LogP contribution in [0.2, 0.25) is 0 Å². The van der Waals surface area contributed by atoms with Crippen LogP contribution < -0.4 is 15.4 Å². The minimum atomic E-state index is 0. The summed E-state index contributed by atoms with van der Waals surface area (Å²) in [6.45, 7) is 6.12. The predicted molar refractivity (Wildman–Crippen MR) is 122 cm³/mol. The second-order valence-electron chi connectivity index (χ2n) is 6.22. The fourth-order valence-electron chi connectivity index (χ4n) is 2.78. The minimum absolute atomic E-state index is 0. The summed E-state index contributed by atoms with van der Waals surface area (Å²) in [5.41, 5.74) is 3.36. The van der Waals surface area contributed by atoms with Gasteiger partial charge in [-0.05, 0) is 42.7 Å². The highest BCUT2D eigenvalue weighted by Crippen LogP contribution is 2.17. The van der Waals surface area contributed by atoms with Crippen molar-refractivity contribution in [3.63, 3.8) is 0 Å². The lowest BCUT2D eigenvalue weighted by Gasteiger charge is -2.18. The van der Waals surface area contributed by atoms with Gasteiger partial charge in [0.1, 0.15) is 5.75 Å². The molecule has 0 saturated carbocycles. The van der Waals surface area contributed by atoms with Crippen molar-refractivity contribution in [2.75, 3.05) is 26.8 Å². The summed E-state index contributed by atoms with van der Waals surface area (Å²) in [7, 11) is 1.67. The number of nitrogens with one attached hydrogen (secondary N) is 2. The number of hydrogen-bond acceptors (Lipinski definition) is 3. The number of hydrogen-bond donors (Lipinski definition) is 3. The summed E-state index contributed by atoms with van der Waals surface area (Å²) in [5, 5.41) is 16.3. The maximum atomic E-state index is 9.70. The molecule has 0 aromatic heterocycles. The molecule has 1 atom stereocenters. The maximum absolute atomic E-state index is 9.70. The maximum Gasteiger partial charge on any atom is 0.191 e. The van der Waals surface area contributed by atoms with E-state index in [1.807, 2.05) is 56.3 Å². The lowest BCUT2D eigenvalue weighted by molar-refractivity contribution is 0.265. The number of aryl methyl sites for hydroxylation is 1. The Bertz CT molecular complexity index is 708. The number of nitrogens with zero attached hydrogens (tertiary/aromatic N) is 1. The van der Waals surface area contributed by atoms with Crippen LogP contribution in [0.25, 0.3) is 0 Å². The average molecular weight is 483 g/mol. The van der Waals surface area contributed by atoms with E-state index in [2.05, 4.69) is 21.7 Å². The molecule has 148 valence electrons. The van der Waals surface area contributed by atoms with Gasteiger partial charge in [0.15, 0.2) is 5.96 Å². The lowest BCUT2D eigenvalue weighted by atomic mass is 10.0. The zero-order valence-electron chi connectivity index (χ0n) is 16.2. The van der Waals surface area contributed by atoms with Crippen LogP contribution in [0.5, 0.6) is 5.75 Å². The number of benzene rings is 2. The summed E-state index contributed by atoms with van der Waals surface area (Å²) in [6, 6.07) is 16.1. The van der Waals surface area contributed by atoms with Gasteiger partial charge in [-0.25, -0.2) is 4.99 Å². The fourth-order valence-corrected chi connectivity index (χ4v) is 2.78. The van der Waals surface area contributed by atoms with E-state index in [4.69, 9.17) is 4.74 Å². The highest BCUT2D eigenvalue weighted by molar-refractivity contribution is 14.0. The molecule has 27 heavy (non-hydrogen) atoms. The normalized spacial score (nSPS) is 12.1. The Morgan fingerprint density at radius 1 is 1.15 bits per heavy atom. The second-order valence-corrected chi connectivity index (χ2v) is 6.22. The highest BCUT2D eigenvalue weighted by Gasteiger charge is 2.10. The Balaban J connectivity index is 0.00000364. The van der Waals surface area contributed by atoms with E-state index in [0.29, 0.717) is 13.1 Å². The Kier molecular flexibility index (Phi) is 10.8. The molecule has 6 heteroatoms. The van der Waals surface area contributed by atoms with Crippen LogP contribution in [-0.2, 0) is 6.54 Å². The van der Waals surface area contributed by atoms with Crippen LogP contribution in [0.15, 0.2) is 53.5 Å². The summed E-state index contributed by atoms with van der Waals surface area (Å²) < 4.78 is 5.32. The van der Waals surface area contributed by atoms with Crippen molar-refractivity contribution in [3.8, 4) is 5.75 Å². The third-order valence-electron chi connectivity index (χ3n) is 4.12. The summed E-state index contributed by atoms with van der Waals surface area (Å²) in [5.74, 6) is 1.61. The summed E-state index contributed by atoms with van der Waals surface area (Å²) in [4.78, 5) is 4.66. The van der Waals surface area contributed by atoms with Gasteiger partial charge in [0, 0.05) is 19.0 Å². The van der Waals surface area contributed by atoms with Gasteiger partial charge < -0.3 is 20.5 Å². The van der Waals surface area contributed by atoms with Crippen molar-refractivity contribution in [1.82, 2.24) is 10.6 Å². The van der Waals surface area contributed by atoms with Gasteiger partial charge in [-0.3, -0.25) is 0 Å². The molecular weight excluding hydrogens is 453 g/mol. The van der Waals surface area contributed by atoms with E-state index in [0.717, 1.165) is 34.9 Å². The molecule has 0 amide bonds. The van der Waals surface area contributed by atoms with Gasteiger partial charge in [0.2, 0.25) is 0 Å². The van der Waals surface area contributed by atoms with Gasteiger partial charge in [-0.2, -0.15) is 0 Å². The molecule has 0 heterocycles. The Morgan fingerprint density at radius 2 is 1.89 bits per heavy atom. The third kappa shape index (κ3) is 7.76. The van der Waals surface area contributed by atoms with Crippen molar-refractivity contribution in [1.29, 1.82) is 0 Å². The number of methoxy groups -OCH3 is 1. The molecule has 2 rings (SSSR count). The monoisotopic (exact) mass is 483 g/mol. The van der Waals surface area contributed by atoms with Crippen LogP contribution in [0.1, 0.15) is 29.5 Å². The summed E-state index contributed by atoms with van der Waals surface area (Å²) in [6.07, 6.45) is 0. The largest absolute Gasteiger partial charge is 0.497 e. The van der Waals surface area contributed by atoms with Crippen molar-refractivity contribution >= 4 is 29.9 Å². The molecule has 0 saturated heterocycles. The molecule has 0 aliphatic rings. The first-order chi connectivity index (χ1) is 12.7. The number of ether oxygens (including phenoxy) is 1. The van der Waals surface area contributed by atoms with Gasteiger partial charge in [0.05, 0.1) is 20.3 Å². The molecule has 2 aromatic carbocycles. The van der Waals surface area contributed by atoms with Gasteiger partial charge in [-0.1, -0.05) is 36.4 Å². The first kappa shape index (κ1) is 23.2. The molecule has 5 nitrogen and oxygen atoms in total. The zero-order chi connectivity index (χ0) is 18.8. The van der Waals surface area contributed by atoms with Crippen LogP contribution in [0.4, 0.5) is 0 Å². The topological polar surface area (TPSA) is 65.9 Å². The Labute approximate surface area is 179 Å². The predicted octanol–water partition coefficient (Wildman–Crippen LogP) is 3.45. The highest BCUT2D eigenvalue weighted by atomic mass is 127. The quantitative estimate of drug-likeness (QED) is 0.306. The van der Waals surface area contributed by atoms with Gasteiger partial charge in [-0.15, -0.1) is 24.0 Å². The van der Waals surface area contributed by atoms with Crippen LogP contribution in [0, 0.1) is 6.92 Å². The molecule has 0 aliphatic carbocycles. The third-order valence-corrected chi connectivity index (χ3v) is 4.12. The SMILES string of the molecule is CCNC(=NCc1cc(C)cc(OC)c1)NCC(CO)c1ccccc1.I. The van der Waals surface area contributed by atoms with E-state index in [-0.39, 0.29) is 36.5 Å². The number of halogens is 1. The van der Waals surface area contributed by atoms with E-state index in [9.17, 15) is 5.11 Å². The number of aliphatic imine (C=N–C) groups is 1. The molecule has 0 fully saturated rings. The van der Waals surface area contributed by atoms with Crippen molar-refractivity contribution in [2.45, 2.75) is 26.3 Å². The number of aliphatic hydroxyl groups excluding tert-OH is 1. The van der Waals surface area contributed by atoms with E-state index < -0.39 is 0 Å². The minimum Gasteiger partial charge on any atom is -0.497 e. The van der Waals surface area contributed by atoms with E-state index >= 15 is 0 Å². The molecule has 2 aromatic rings. The van der Waals surface area contributed by atoms with Crippen molar-refractivity contribution < 1.29 is 9.84 Å². The first-order valence-corrected chi connectivity index (χ1v) is 8.98. The van der Waals surface area contributed by atoms with Crippen LogP contribution in [0.3, 0.4) is 0 Å². The van der Waals surface area contributed by atoms with E-state index in [1.54, 1.807) is 7.11 Å². The summed E-state index contributed by atoms with van der Waals surface area (Å²) >= 11 is 0. The van der Waals surface area contributed by atoms with Crippen molar-refractivity contribution in [3.05, 3.63) is 65.2 Å². The molecule has 0 radical (unpaired) electrons. The fraction of sp³-hybridized carbons (Fsp3) is 0.381.